The Hall–Kier alpha value is -3.80. The predicted molar refractivity (Wildman–Crippen MR) is 136 cm³/mol. The van der Waals surface area contributed by atoms with E-state index in [1.165, 1.54) is 18.2 Å². The molecule has 0 fully saturated rings. The summed E-state index contributed by atoms with van der Waals surface area (Å²) in [6.45, 7) is 3.58. The first-order valence-electron chi connectivity index (χ1n) is 11.6. The molecule has 2 unspecified atom stereocenters. The van der Waals surface area contributed by atoms with Crippen LogP contribution in [0.3, 0.4) is 0 Å². The van der Waals surface area contributed by atoms with E-state index in [4.69, 9.17) is 4.74 Å². The molecule has 0 saturated carbocycles. The Bertz CT molecular complexity index is 1430. The third kappa shape index (κ3) is 5.63. The number of nitro benzene ring substituents is 1. The van der Waals surface area contributed by atoms with Crippen LogP contribution in [0, 0.1) is 10.1 Å². The van der Waals surface area contributed by atoms with E-state index in [0.717, 1.165) is 17.7 Å². The zero-order valence-electron chi connectivity index (χ0n) is 20.2. The fourth-order valence-electron chi connectivity index (χ4n) is 4.20. The van der Waals surface area contributed by atoms with Gasteiger partial charge in [-0.1, -0.05) is 42.5 Å². The highest BCUT2D eigenvalue weighted by atomic mass is 32.2. The van der Waals surface area contributed by atoms with E-state index in [0.29, 0.717) is 13.0 Å². The van der Waals surface area contributed by atoms with Crippen molar-refractivity contribution in [3.05, 3.63) is 99.6 Å². The second-order valence-corrected chi connectivity index (χ2v) is 10.9. The molecule has 0 bridgehead atoms. The van der Waals surface area contributed by atoms with Gasteiger partial charge in [0.25, 0.3) is 11.6 Å². The number of sulfonamides is 1. The van der Waals surface area contributed by atoms with Crippen molar-refractivity contribution >= 4 is 21.6 Å². The molecular formula is C26H27N3O7S. The molecule has 0 aliphatic carbocycles. The number of hydrogen-bond acceptors (Lipinski definition) is 7. The van der Waals surface area contributed by atoms with Gasteiger partial charge in [-0.05, 0) is 50.1 Å². The quantitative estimate of drug-likeness (QED) is 0.302. The Morgan fingerprint density at radius 1 is 1.08 bits per heavy atom. The number of nitrogens with one attached hydrogen (secondary N) is 2. The van der Waals surface area contributed by atoms with E-state index in [1.807, 2.05) is 30.3 Å². The minimum absolute atomic E-state index is 0.240. The van der Waals surface area contributed by atoms with E-state index in [9.17, 15) is 28.4 Å². The maximum atomic E-state index is 13.2. The standard InChI is InChI=1S/C26H27N3O7S/c1-26(2)24(30)23(28-37(34,35)22-11-7-6-10-20(22)29(32)33)19-16-18(12-13-21(19)36-26)25(31)27-15-14-17-8-4-3-5-9-17/h3-13,16,23-24,28,30H,14-15H2,1-2H3,(H,27,31). The summed E-state index contributed by atoms with van der Waals surface area (Å²) in [6.07, 6.45) is -0.736. The van der Waals surface area contributed by atoms with Crippen LogP contribution in [0.2, 0.25) is 0 Å². The average Bonchev–Trinajstić information content (AvgIpc) is 2.87. The molecule has 2 atom stereocenters. The summed E-state index contributed by atoms with van der Waals surface area (Å²) in [6, 6.07) is 17.9. The third-order valence-electron chi connectivity index (χ3n) is 6.18. The molecule has 3 aromatic carbocycles. The highest BCUT2D eigenvalue weighted by Gasteiger charge is 2.45. The molecule has 0 saturated heterocycles. The maximum absolute atomic E-state index is 13.2. The van der Waals surface area contributed by atoms with E-state index >= 15 is 0 Å². The third-order valence-corrected chi connectivity index (χ3v) is 7.67. The van der Waals surface area contributed by atoms with E-state index in [1.54, 1.807) is 26.0 Å². The van der Waals surface area contributed by atoms with Gasteiger partial charge in [-0.3, -0.25) is 14.9 Å². The number of benzene rings is 3. The van der Waals surface area contributed by atoms with Crippen molar-refractivity contribution in [2.45, 2.75) is 42.9 Å². The molecule has 3 aromatic rings. The zero-order valence-corrected chi connectivity index (χ0v) is 21.1. The molecule has 3 N–H and O–H groups in total. The van der Waals surface area contributed by atoms with E-state index in [-0.39, 0.29) is 22.8 Å². The lowest BCUT2D eigenvalue weighted by Gasteiger charge is -2.42. The average molecular weight is 526 g/mol. The van der Waals surface area contributed by atoms with Gasteiger partial charge in [0.15, 0.2) is 4.90 Å². The van der Waals surface area contributed by atoms with Gasteiger partial charge in [0.05, 0.1) is 11.0 Å². The van der Waals surface area contributed by atoms with Crippen molar-refractivity contribution in [3.63, 3.8) is 0 Å². The number of aliphatic hydroxyl groups is 1. The van der Waals surface area contributed by atoms with Gasteiger partial charge in [-0.2, -0.15) is 0 Å². The molecule has 194 valence electrons. The Kier molecular flexibility index (Phi) is 7.30. The molecule has 4 rings (SSSR count). The summed E-state index contributed by atoms with van der Waals surface area (Å²) in [7, 11) is -4.45. The summed E-state index contributed by atoms with van der Waals surface area (Å²) in [5.41, 5.74) is -0.233. The zero-order chi connectivity index (χ0) is 26.8. The first-order chi connectivity index (χ1) is 17.5. The molecule has 37 heavy (non-hydrogen) atoms. The second-order valence-electron chi connectivity index (χ2n) is 9.22. The van der Waals surface area contributed by atoms with Gasteiger partial charge in [-0.15, -0.1) is 0 Å². The van der Waals surface area contributed by atoms with Gasteiger partial charge in [-0.25, -0.2) is 13.1 Å². The first-order valence-corrected chi connectivity index (χ1v) is 13.1. The van der Waals surface area contributed by atoms with Gasteiger partial charge in [0.1, 0.15) is 17.5 Å². The largest absolute Gasteiger partial charge is 0.485 e. The van der Waals surface area contributed by atoms with E-state index in [2.05, 4.69) is 10.0 Å². The van der Waals surface area contributed by atoms with Crippen LogP contribution in [0.15, 0.2) is 77.7 Å². The predicted octanol–water partition coefficient (Wildman–Crippen LogP) is 3.12. The SMILES string of the molecule is CC1(C)Oc2ccc(C(=O)NCCc3ccccc3)cc2C(NS(=O)(=O)c2ccccc2[N+](=O)[O-])C1O. The number of aliphatic hydroxyl groups excluding tert-OH is 1. The molecule has 0 spiro atoms. The summed E-state index contributed by atoms with van der Waals surface area (Å²) in [4.78, 5) is 22.9. The topological polar surface area (TPSA) is 148 Å². The minimum Gasteiger partial charge on any atom is -0.485 e. The van der Waals surface area contributed by atoms with Gasteiger partial charge < -0.3 is 15.2 Å². The monoisotopic (exact) mass is 525 g/mol. The minimum atomic E-state index is -4.45. The van der Waals surface area contributed by atoms with Crippen LogP contribution in [0.5, 0.6) is 5.75 Å². The van der Waals surface area contributed by atoms with Crippen molar-refractivity contribution in [1.82, 2.24) is 10.0 Å². The molecular weight excluding hydrogens is 498 g/mol. The lowest BCUT2D eigenvalue weighted by molar-refractivity contribution is -0.387. The number of amides is 1. The Labute approximate surface area is 214 Å². The summed E-state index contributed by atoms with van der Waals surface area (Å²) >= 11 is 0. The molecule has 0 radical (unpaired) electrons. The van der Waals surface area contributed by atoms with Crippen LogP contribution in [0.4, 0.5) is 5.69 Å². The number of carbonyl (C=O) groups is 1. The summed E-state index contributed by atoms with van der Waals surface area (Å²) < 4.78 is 34.8. The smallest absolute Gasteiger partial charge is 0.289 e. The van der Waals surface area contributed by atoms with Crippen LogP contribution in [0.25, 0.3) is 0 Å². The number of hydrogen-bond donors (Lipinski definition) is 3. The lowest BCUT2D eigenvalue weighted by atomic mass is 9.86. The fraction of sp³-hybridized carbons (Fsp3) is 0.269. The summed E-state index contributed by atoms with van der Waals surface area (Å²) in [5.74, 6) is -0.0928. The Morgan fingerprint density at radius 2 is 1.76 bits per heavy atom. The van der Waals surface area contributed by atoms with Crippen molar-refractivity contribution in [3.8, 4) is 5.75 Å². The highest BCUT2D eigenvalue weighted by Crippen LogP contribution is 2.41. The number of rotatable bonds is 8. The molecule has 1 heterocycles. The number of fused-ring (bicyclic) bond motifs is 1. The summed E-state index contributed by atoms with van der Waals surface area (Å²) in [5, 5.41) is 25.3. The van der Waals surface area contributed by atoms with Gasteiger partial charge in [0, 0.05) is 23.7 Å². The fourth-order valence-corrected chi connectivity index (χ4v) is 5.59. The maximum Gasteiger partial charge on any atom is 0.289 e. The highest BCUT2D eigenvalue weighted by molar-refractivity contribution is 7.89. The molecule has 1 aliphatic heterocycles. The van der Waals surface area contributed by atoms with Crippen molar-refractivity contribution in [1.29, 1.82) is 0 Å². The van der Waals surface area contributed by atoms with Crippen LogP contribution in [0.1, 0.15) is 41.4 Å². The molecule has 1 aliphatic rings. The van der Waals surface area contributed by atoms with Crippen molar-refractivity contribution < 1.29 is 28.0 Å². The van der Waals surface area contributed by atoms with Crippen molar-refractivity contribution in [2.75, 3.05) is 6.54 Å². The second kappa shape index (κ2) is 10.3. The van der Waals surface area contributed by atoms with E-state index < -0.39 is 43.3 Å². The normalized spacial score (nSPS) is 18.4. The van der Waals surface area contributed by atoms with Crippen LogP contribution in [-0.4, -0.2) is 42.6 Å². The number of ether oxygens (including phenoxy) is 1. The van der Waals surface area contributed by atoms with Crippen LogP contribution in [-0.2, 0) is 16.4 Å². The number of para-hydroxylation sites is 1. The number of nitro groups is 1. The van der Waals surface area contributed by atoms with Gasteiger partial charge >= 0.3 is 0 Å². The van der Waals surface area contributed by atoms with Gasteiger partial charge in [0.2, 0.25) is 10.0 Å². The Balaban J connectivity index is 1.62. The Morgan fingerprint density at radius 3 is 2.46 bits per heavy atom. The molecule has 10 nitrogen and oxygen atoms in total. The molecule has 11 heteroatoms. The van der Waals surface area contributed by atoms with Crippen LogP contribution < -0.4 is 14.8 Å². The molecule has 1 amide bonds. The number of carbonyl (C=O) groups excluding carboxylic acids is 1. The first kappa shape index (κ1) is 26.3. The lowest BCUT2D eigenvalue weighted by Crippen LogP contribution is -2.53. The van der Waals surface area contributed by atoms with Crippen LogP contribution >= 0.6 is 0 Å². The van der Waals surface area contributed by atoms with Crippen molar-refractivity contribution in [2.24, 2.45) is 0 Å². The molecule has 0 aromatic heterocycles. The number of nitrogens with zero attached hydrogens (tertiary/aromatic N) is 1.